The van der Waals surface area contributed by atoms with E-state index in [1.54, 1.807) is 29.2 Å². The highest BCUT2D eigenvalue weighted by molar-refractivity contribution is 6.08. The molecule has 0 unspecified atom stereocenters. The fourth-order valence-corrected chi connectivity index (χ4v) is 3.43. The number of urea groups is 1. The van der Waals surface area contributed by atoms with Gasteiger partial charge in [-0.25, -0.2) is 4.79 Å². The zero-order chi connectivity index (χ0) is 18.8. The van der Waals surface area contributed by atoms with Crippen LogP contribution in [-0.4, -0.2) is 46.8 Å². The van der Waals surface area contributed by atoms with Crippen LogP contribution in [0.25, 0.3) is 0 Å². The molecular formula is C20H19N3O4. The SMILES string of the molecule is O=C(CN1C(=O)[C@@H]2CCCN2C1=O)Nc1cccc(Oc2ccccc2)c1. The number of benzene rings is 2. The Hall–Kier alpha value is -3.35. The Labute approximate surface area is 156 Å². The number of carbonyl (C=O) groups excluding carboxylic acids is 3. The summed E-state index contributed by atoms with van der Waals surface area (Å²) in [5.41, 5.74) is 0.535. The summed E-state index contributed by atoms with van der Waals surface area (Å²) >= 11 is 0. The van der Waals surface area contributed by atoms with Gasteiger partial charge in [0, 0.05) is 18.3 Å². The van der Waals surface area contributed by atoms with E-state index in [2.05, 4.69) is 5.32 Å². The molecule has 0 radical (unpaired) electrons. The first-order chi connectivity index (χ1) is 13.1. The van der Waals surface area contributed by atoms with Crippen LogP contribution in [0.3, 0.4) is 0 Å². The van der Waals surface area contributed by atoms with Gasteiger partial charge in [-0.3, -0.25) is 14.5 Å². The number of hydrogen-bond donors (Lipinski definition) is 1. The molecule has 2 heterocycles. The van der Waals surface area contributed by atoms with Gasteiger partial charge in [-0.05, 0) is 37.1 Å². The van der Waals surface area contributed by atoms with Gasteiger partial charge in [0.15, 0.2) is 0 Å². The molecule has 2 aliphatic rings. The van der Waals surface area contributed by atoms with Gasteiger partial charge in [0.25, 0.3) is 5.91 Å². The molecular weight excluding hydrogens is 346 g/mol. The van der Waals surface area contributed by atoms with E-state index in [0.29, 0.717) is 30.2 Å². The van der Waals surface area contributed by atoms with Gasteiger partial charge in [-0.1, -0.05) is 24.3 Å². The van der Waals surface area contributed by atoms with Crippen molar-refractivity contribution in [3.05, 3.63) is 54.6 Å². The first-order valence-electron chi connectivity index (χ1n) is 8.86. The monoisotopic (exact) mass is 365 g/mol. The summed E-state index contributed by atoms with van der Waals surface area (Å²) < 4.78 is 5.74. The van der Waals surface area contributed by atoms with E-state index in [4.69, 9.17) is 4.74 Å². The summed E-state index contributed by atoms with van der Waals surface area (Å²) in [4.78, 5) is 39.5. The lowest BCUT2D eigenvalue weighted by Gasteiger charge is -2.15. The molecule has 0 aromatic heterocycles. The standard InChI is InChI=1S/C20H19N3O4/c24-18(13-23-19(25)17-10-5-11-22(17)20(23)26)21-14-6-4-9-16(12-14)27-15-7-2-1-3-8-15/h1-4,6-9,12,17H,5,10-11,13H2,(H,21,24)/t17-/m0/s1. The largest absolute Gasteiger partial charge is 0.457 e. The van der Waals surface area contributed by atoms with Crippen molar-refractivity contribution in [1.29, 1.82) is 0 Å². The molecule has 2 fully saturated rings. The molecule has 4 rings (SSSR count). The molecule has 0 bridgehead atoms. The summed E-state index contributed by atoms with van der Waals surface area (Å²) in [6.07, 6.45) is 1.50. The van der Waals surface area contributed by atoms with E-state index in [9.17, 15) is 14.4 Å². The molecule has 0 spiro atoms. The van der Waals surface area contributed by atoms with E-state index in [1.165, 1.54) is 0 Å². The van der Waals surface area contributed by atoms with Crippen molar-refractivity contribution in [2.45, 2.75) is 18.9 Å². The van der Waals surface area contributed by atoms with Crippen LogP contribution in [0.5, 0.6) is 11.5 Å². The maximum atomic E-state index is 12.3. The number of para-hydroxylation sites is 1. The van der Waals surface area contributed by atoms with Gasteiger partial charge < -0.3 is 15.0 Å². The molecule has 2 aromatic rings. The van der Waals surface area contributed by atoms with Gasteiger partial charge in [0.05, 0.1) is 0 Å². The van der Waals surface area contributed by atoms with Crippen molar-refractivity contribution in [3.63, 3.8) is 0 Å². The Bertz CT molecular complexity index is 862. The summed E-state index contributed by atoms with van der Waals surface area (Å²) in [7, 11) is 0. The summed E-state index contributed by atoms with van der Waals surface area (Å²) in [6, 6.07) is 15.5. The van der Waals surface area contributed by atoms with Crippen molar-refractivity contribution in [3.8, 4) is 11.5 Å². The highest BCUT2D eigenvalue weighted by atomic mass is 16.5. The molecule has 0 saturated carbocycles. The van der Waals surface area contributed by atoms with Crippen molar-refractivity contribution in [2.24, 2.45) is 0 Å². The number of rotatable bonds is 5. The molecule has 4 amide bonds. The Morgan fingerprint density at radius 1 is 1.07 bits per heavy atom. The summed E-state index contributed by atoms with van der Waals surface area (Å²) in [5.74, 6) is 0.561. The average molecular weight is 365 g/mol. The first-order valence-corrected chi connectivity index (χ1v) is 8.86. The Kier molecular flexibility index (Phi) is 4.50. The van der Waals surface area contributed by atoms with Crippen LogP contribution >= 0.6 is 0 Å². The van der Waals surface area contributed by atoms with Crippen LogP contribution in [-0.2, 0) is 9.59 Å². The maximum absolute atomic E-state index is 12.3. The van der Waals surface area contributed by atoms with Crippen LogP contribution < -0.4 is 10.1 Å². The molecule has 0 aliphatic carbocycles. The maximum Gasteiger partial charge on any atom is 0.327 e. The van der Waals surface area contributed by atoms with E-state index in [0.717, 1.165) is 11.3 Å². The van der Waals surface area contributed by atoms with Gasteiger partial charge in [0.2, 0.25) is 5.91 Å². The number of ether oxygens (including phenoxy) is 1. The van der Waals surface area contributed by atoms with Crippen molar-refractivity contribution >= 4 is 23.5 Å². The van der Waals surface area contributed by atoms with Crippen LogP contribution in [0.15, 0.2) is 54.6 Å². The topological polar surface area (TPSA) is 79.0 Å². The predicted molar refractivity (Wildman–Crippen MR) is 98.4 cm³/mol. The van der Waals surface area contributed by atoms with Crippen LogP contribution in [0, 0.1) is 0 Å². The summed E-state index contributed by atoms with van der Waals surface area (Å²) in [5, 5.41) is 2.72. The van der Waals surface area contributed by atoms with Crippen molar-refractivity contribution in [2.75, 3.05) is 18.4 Å². The lowest BCUT2D eigenvalue weighted by atomic mass is 10.2. The fourth-order valence-electron chi connectivity index (χ4n) is 3.43. The third-order valence-corrected chi connectivity index (χ3v) is 4.68. The minimum absolute atomic E-state index is 0.283. The first kappa shape index (κ1) is 17.1. The molecule has 2 saturated heterocycles. The second kappa shape index (κ2) is 7.11. The number of fused-ring (bicyclic) bond motifs is 1. The minimum atomic E-state index is -0.422. The highest BCUT2D eigenvalue weighted by Gasteiger charge is 2.47. The van der Waals surface area contributed by atoms with Gasteiger partial charge in [-0.15, -0.1) is 0 Å². The number of carbonyl (C=O) groups is 3. The zero-order valence-corrected chi connectivity index (χ0v) is 14.6. The predicted octanol–water partition coefficient (Wildman–Crippen LogP) is 2.84. The molecule has 7 nitrogen and oxygen atoms in total. The molecule has 1 atom stereocenters. The number of amides is 4. The van der Waals surface area contributed by atoms with Gasteiger partial charge in [-0.2, -0.15) is 0 Å². The summed E-state index contributed by atoms with van der Waals surface area (Å²) in [6.45, 7) is 0.292. The molecule has 1 N–H and O–H groups in total. The number of nitrogens with one attached hydrogen (secondary N) is 1. The quantitative estimate of drug-likeness (QED) is 0.827. The molecule has 2 aliphatic heterocycles. The van der Waals surface area contributed by atoms with Gasteiger partial charge in [0.1, 0.15) is 24.1 Å². The number of anilines is 1. The molecule has 138 valence electrons. The van der Waals surface area contributed by atoms with Crippen molar-refractivity contribution in [1.82, 2.24) is 9.80 Å². The highest BCUT2D eigenvalue weighted by Crippen LogP contribution is 2.27. The van der Waals surface area contributed by atoms with Gasteiger partial charge >= 0.3 is 6.03 Å². The van der Waals surface area contributed by atoms with Crippen LogP contribution in [0.4, 0.5) is 10.5 Å². The Balaban J connectivity index is 1.39. The van der Waals surface area contributed by atoms with E-state index in [1.807, 2.05) is 30.3 Å². The lowest BCUT2D eigenvalue weighted by molar-refractivity contribution is -0.131. The second-order valence-electron chi connectivity index (χ2n) is 6.55. The smallest absolute Gasteiger partial charge is 0.327 e. The third-order valence-electron chi connectivity index (χ3n) is 4.68. The average Bonchev–Trinajstić information content (AvgIpc) is 3.23. The number of nitrogens with zero attached hydrogens (tertiary/aromatic N) is 2. The van der Waals surface area contributed by atoms with E-state index in [-0.39, 0.29) is 18.5 Å². The van der Waals surface area contributed by atoms with Crippen LogP contribution in [0.1, 0.15) is 12.8 Å². The fraction of sp³-hybridized carbons (Fsp3) is 0.250. The van der Waals surface area contributed by atoms with E-state index >= 15 is 0 Å². The Morgan fingerprint density at radius 3 is 2.63 bits per heavy atom. The molecule has 7 heteroatoms. The number of hydrogen-bond acceptors (Lipinski definition) is 4. The zero-order valence-electron chi connectivity index (χ0n) is 14.6. The Morgan fingerprint density at radius 2 is 1.85 bits per heavy atom. The van der Waals surface area contributed by atoms with E-state index < -0.39 is 11.9 Å². The van der Waals surface area contributed by atoms with Crippen molar-refractivity contribution < 1.29 is 19.1 Å². The molecule has 2 aromatic carbocycles. The minimum Gasteiger partial charge on any atom is -0.457 e. The normalized spacial score (nSPS) is 18.6. The second-order valence-corrected chi connectivity index (χ2v) is 6.55. The molecule has 27 heavy (non-hydrogen) atoms. The number of imide groups is 1. The lowest BCUT2D eigenvalue weighted by Crippen LogP contribution is -2.39. The third kappa shape index (κ3) is 3.48. The van der Waals surface area contributed by atoms with Crippen LogP contribution in [0.2, 0.25) is 0 Å².